The molecule has 1 amide bonds. The fraction of sp³-hybridized carbons (Fsp3) is 0.0714. The maximum atomic E-state index is 12.9. The van der Waals surface area contributed by atoms with Crippen LogP contribution < -0.4 is 10.6 Å². The van der Waals surface area contributed by atoms with Gasteiger partial charge in [-0.3, -0.25) is 4.79 Å². The summed E-state index contributed by atoms with van der Waals surface area (Å²) in [6, 6.07) is 12.9. The lowest BCUT2D eigenvalue weighted by atomic mass is 10.0. The van der Waals surface area contributed by atoms with Crippen molar-refractivity contribution in [2.45, 2.75) is 6.04 Å². The van der Waals surface area contributed by atoms with E-state index in [4.69, 9.17) is 0 Å². The minimum absolute atomic E-state index is 0.139. The van der Waals surface area contributed by atoms with Crippen LogP contribution >= 0.6 is 0 Å². The van der Waals surface area contributed by atoms with Gasteiger partial charge in [0.15, 0.2) is 0 Å². The molecule has 1 aliphatic rings. The molecule has 3 rings (SSSR count). The third-order valence-electron chi connectivity index (χ3n) is 2.95. The van der Waals surface area contributed by atoms with Crippen molar-refractivity contribution in [3.8, 4) is 0 Å². The van der Waals surface area contributed by atoms with E-state index in [2.05, 4.69) is 10.6 Å². The second-order valence-electron chi connectivity index (χ2n) is 4.16. The molecule has 0 aliphatic carbocycles. The summed E-state index contributed by atoms with van der Waals surface area (Å²) in [5.74, 6) is -0.448. The summed E-state index contributed by atoms with van der Waals surface area (Å²) in [4.78, 5) is 12.0. The Morgan fingerprint density at radius 1 is 0.944 bits per heavy atom. The molecule has 2 aromatic carbocycles. The van der Waals surface area contributed by atoms with Gasteiger partial charge in [0.05, 0.1) is 11.4 Å². The standard InChI is InChI=1S/C14H11FN2O/c15-10-7-5-9(6-8-10)13-14(18)17-12-4-2-1-3-11(12)16-13/h1-8,13,16H,(H,17,18). The second kappa shape index (κ2) is 4.14. The average molecular weight is 242 g/mol. The lowest BCUT2D eigenvalue weighted by Crippen LogP contribution is -2.31. The lowest BCUT2D eigenvalue weighted by molar-refractivity contribution is -0.117. The van der Waals surface area contributed by atoms with Crippen LogP contribution in [-0.4, -0.2) is 5.91 Å². The van der Waals surface area contributed by atoms with E-state index in [-0.39, 0.29) is 11.7 Å². The fourth-order valence-electron chi connectivity index (χ4n) is 2.03. The van der Waals surface area contributed by atoms with Gasteiger partial charge in [-0.15, -0.1) is 0 Å². The summed E-state index contributed by atoms with van der Waals surface area (Å²) in [6.45, 7) is 0. The molecular formula is C14H11FN2O. The molecule has 1 heterocycles. The number of hydrogen-bond donors (Lipinski definition) is 2. The minimum Gasteiger partial charge on any atom is -0.368 e. The molecule has 0 radical (unpaired) electrons. The first-order valence-corrected chi connectivity index (χ1v) is 5.66. The van der Waals surface area contributed by atoms with Crippen LogP contribution in [0.4, 0.5) is 15.8 Å². The smallest absolute Gasteiger partial charge is 0.251 e. The molecule has 1 unspecified atom stereocenters. The summed E-state index contributed by atoms with van der Waals surface area (Å²) in [5, 5.41) is 5.98. The Balaban J connectivity index is 1.95. The van der Waals surface area contributed by atoms with E-state index in [1.54, 1.807) is 12.1 Å². The van der Waals surface area contributed by atoms with Gasteiger partial charge in [0.1, 0.15) is 11.9 Å². The SMILES string of the molecule is O=C1Nc2ccccc2NC1c1ccc(F)cc1. The predicted octanol–water partition coefficient (Wildman–Crippen LogP) is 2.93. The van der Waals surface area contributed by atoms with Crippen LogP contribution in [0.15, 0.2) is 48.5 Å². The van der Waals surface area contributed by atoms with E-state index < -0.39 is 6.04 Å². The van der Waals surface area contributed by atoms with Crippen molar-refractivity contribution in [1.29, 1.82) is 0 Å². The highest BCUT2D eigenvalue weighted by atomic mass is 19.1. The van der Waals surface area contributed by atoms with E-state index in [0.29, 0.717) is 0 Å². The third-order valence-corrected chi connectivity index (χ3v) is 2.95. The van der Waals surface area contributed by atoms with Gasteiger partial charge in [-0.25, -0.2) is 4.39 Å². The van der Waals surface area contributed by atoms with Gasteiger partial charge in [0.2, 0.25) is 0 Å². The zero-order chi connectivity index (χ0) is 12.5. The van der Waals surface area contributed by atoms with Crippen molar-refractivity contribution < 1.29 is 9.18 Å². The number of carbonyl (C=O) groups excluding carboxylic acids is 1. The van der Waals surface area contributed by atoms with Crippen molar-refractivity contribution >= 4 is 17.3 Å². The quantitative estimate of drug-likeness (QED) is 0.807. The van der Waals surface area contributed by atoms with Gasteiger partial charge in [-0.05, 0) is 29.8 Å². The van der Waals surface area contributed by atoms with Crippen molar-refractivity contribution in [2.24, 2.45) is 0 Å². The maximum absolute atomic E-state index is 12.9. The van der Waals surface area contributed by atoms with Crippen molar-refractivity contribution in [3.63, 3.8) is 0 Å². The van der Waals surface area contributed by atoms with Crippen LogP contribution in [-0.2, 0) is 4.79 Å². The number of amides is 1. The van der Waals surface area contributed by atoms with Crippen molar-refractivity contribution in [2.75, 3.05) is 10.6 Å². The van der Waals surface area contributed by atoms with Gasteiger partial charge >= 0.3 is 0 Å². The molecule has 0 saturated heterocycles. The van der Waals surface area contributed by atoms with Crippen molar-refractivity contribution in [1.82, 2.24) is 0 Å². The summed E-state index contributed by atoms with van der Waals surface area (Å²) in [5.41, 5.74) is 2.37. The summed E-state index contributed by atoms with van der Waals surface area (Å²) >= 11 is 0. The van der Waals surface area contributed by atoms with Crippen LogP contribution in [0.1, 0.15) is 11.6 Å². The van der Waals surface area contributed by atoms with Crippen LogP contribution in [0.25, 0.3) is 0 Å². The molecule has 0 saturated carbocycles. The van der Waals surface area contributed by atoms with Crippen LogP contribution in [0.2, 0.25) is 0 Å². The molecular weight excluding hydrogens is 231 g/mol. The molecule has 4 heteroatoms. The Hall–Kier alpha value is -2.36. The number of nitrogens with one attached hydrogen (secondary N) is 2. The highest BCUT2D eigenvalue weighted by Crippen LogP contribution is 2.31. The molecule has 0 bridgehead atoms. The monoisotopic (exact) mass is 242 g/mol. The summed E-state index contributed by atoms with van der Waals surface area (Å²) < 4.78 is 12.9. The number of anilines is 2. The number of halogens is 1. The lowest BCUT2D eigenvalue weighted by Gasteiger charge is -2.26. The number of rotatable bonds is 1. The Labute approximate surface area is 104 Å². The molecule has 0 aromatic heterocycles. The number of benzene rings is 2. The zero-order valence-electron chi connectivity index (χ0n) is 9.48. The van der Waals surface area contributed by atoms with Gasteiger partial charge < -0.3 is 10.6 Å². The van der Waals surface area contributed by atoms with Gasteiger partial charge in [-0.1, -0.05) is 24.3 Å². The molecule has 0 fully saturated rings. The molecule has 2 N–H and O–H groups in total. The second-order valence-corrected chi connectivity index (χ2v) is 4.16. The molecule has 3 nitrogen and oxygen atoms in total. The number of hydrogen-bond acceptors (Lipinski definition) is 2. The highest BCUT2D eigenvalue weighted by Gasteiger charge is 2.26. The zero-order valence-corrected chi connectivity index (χ0v) is 9.48. The molecule has 0 spiro atoms. The maximum Gasteiger partial charge on any atom is 0.251 e. The van der Waals surface area contributed by atoms with Crippen LogP contribution in [0.5, 0.6) is 0 Å². The van der Waals surface area contributed by atoms with E-state index in [1.807, 2.05) is 24.3 Å². The number of carbonyl (C=O) groups is 1. The first-order chi connectivity index (χ1) is 8.74. The molecule has 2 aromatic rings. The van der Waals surface area contributed by atoms with E-state index in [0.717, 1.165) is 16.9 Å². The Morgan fingerprint density at radius 2 is 1.61 bits per heavy atom. The van der Waals surface area contributed by atoms with Gasteiger partial charge in [0.25, 0.3) is 5.91 Å². The van der Waals surface area contributed by atoms with E-state index in [9.17, 15) is 9.18 Å². The first kappa shape index (κ1) is 10.8. The van der Waals surface area contributed by atoms with E-state index >= 15 is 0 Å². The summed E-state index contributed by atoms with van der Waals surface area (Å²) in [6.07, 6.45) is 0. The molecule has 90 valence electrons. The first-order valence-electron chi connectivity index (χ1n) is 5.66. The van der Waals surface area contributed by atoms with Gasteiger partial charge in [-0.2, -0.15) is 0 Å². The Morgan fingerprint density at radius 3 is 2.33 bits per heavy atom. The summed E-state index contributed by atoms with van der Waals surface area (Å²) in [7, 11) is 0. The predicted molar refractivity (Wildman–Crippen MR) is 67.8 cm³/mol. The highest BCUT2D eigenvalue weighted by molar-refractivity contribution is 6.03. The van der Waals surface area contributed by atoms with Crippen molar-refractivity contribution in [3.05, 3.63) is 59.9 Å². The molecule has 1 aliphatic heterocycles. The Bertz CT molecular complexity index is 595. The van der Waals surface area contributed by atoms with Crippen LogP contribution in [0, 0.1) is 5.82 Å². The Kier molecular flexibility index (Phi) is 2.48. The van der Waals surface area contributed by atoms with E-state index in [1.165, 1.54) is 12.1 Å². The van der Waals surface area contributed by atoms with Crippen LogP contribution in [0.3, 0.4) is 0 Å². The van der Waals surface area contributed by atoms with Gasteiger partial charge in [0, 0.05) is 0 Å². The number of fused-ring (bicyclic) bond motifs is 1. The fourth-order valence-corrected chi connectivity index (χ4v) is 2.03. The normalized spacial score (nSPS) is 17.6. The third kappa shape index (κ3) is 1.82. The minimum atomic E-state index is -0.486. The molecule has 18 heavy (non-hydrogen) atoms. The molecule has 1 atom stereocenters. The average Bonchev–Trinajstić information content (AvgIpc) is 2.39. The largest absolute Gasteiger partial charge is 0.368 e. The number of para-hydroxylation sites is 2. The topological polar surface area (TPSA) is 41.1 Å².